The van der Waals surface area contributed by atoms with Crippen molar-refractivity contribution >= 4 is 5.82 Å². The van der Waals surface area contributed by atoms with Crippen LogP contribution in [-0.4, -0.2) is 37.0 Å². The zero-order valence-electron chi connectivity index (χ0n) is 15.6. The molecule has 2 N–H and O–H groups in total. The summed E-state index contributed by atoms with van der Waals surface area (Å²) in [6.45, 7) is 3.83. The molecule has 0 saturated heterocycles. The SMILES string of the molecule is CCOc1ccccc1-c1cc(NCCOC)nc(-c2ccc(O)cc2)c1. The summed E-state index contributed by atoms with van der Waals surface area (Å²) in [6.07, 6.45) is 0. The molecule has 5 nitrogen and oxygen atoms in total. The van der Waals surface area contributed by atoms with E-state index in [0.717, 1.165) is 34.0 Å². The van der Waals surface area contributed by atoms with Crippen molar-refractivity contribution in [3.8, 4) is 33.9 Å². The largest absolute Gasteiger partial charge is 0.508 e. The van der Waals surface area contributed by atoms with Crippen LogP contribution in [0, 0.1) is 0 Å². The number of para-hydroxylation sites is 1. The zero-order valence-corrected chi connectivity index (χ0v) is 15.6. The van der Waals surface area contributed by atoms with E-state index in [0.29, 0.717) is 19.8 Å². The third kappa shape index (κ3) is 4.77. The van der Waals surface area contributed by atoms with Gasteiger partial charge in [0.05, 0.1) is 18.9 Å². The Morgan fingerprint density at radius 2 is 1.78 bits per heavy atom. The number of rotatable bonds is 8. The number of methoxy groups -OCH3 is 1. The van der Waals surface area contributed by atoms with Gasteiger partial charge in [-0.1, -0.05) is 18.2 Å². The quantitative estimate of drug-likeness (QED) is 0.573. The van der Waals surface area contributed by atoms with Gasteiger partial charge in [-0.2, -0.15) is 0 Å². The maximum Gasteiger partial charge on any atom is 0.127 e. The van der Waals surface area contributed by atoms with Crippen LogP contribution < -0.4 is 10.1 Å². The molecule has 0 unspecified atom stereocenters. The van der Waals surface area contributed by atoms with Gasteiger partial charge in [0, 0.05) is 24.8 Å². The number of aromatic nitrogens is 1. The van der Waals surface area contributed by atoms with Crippen molar-refractivity contribution in [2.24, 2.45) is 0 Å². The van der Waals surface area contributed by atoms with Crippen LogP contribution in [0.4, 0.5) is 5.82 Å². The summed E-state index contributed by atoms with van der Waals surface area (Å²) in [7, 11) is 1.67. The predicted octanol–water partition coefficient (Wildman–Crippen LogP) is 4.58. The highest BCUT2D eigenvalue weighted by atomic mass is 16.5. The molecule has 0 aliphatic rings. The molecule has 0 aliphatic carbocycles. The van der Waals surface area contributed by atoms with Crippen LogP contribution in [0.3, 0.4) is 0 Å². The van der Waals surface area contributed by atoms with E-state index in [1.807, 2.05) is 55.5 Å². The minimum atomic E-state index is 0.232. The van der Waals surface area contributed by atoms with Gasteiger partial charge in [-0.15, -0.1) is 0 Å². The maximum atomic E-state index is 9.57. The second-order valence-corrected chi connectivity index (χ2v) is 6.02. The summed E-state index contributed by atoms with van der Waals surface area (Å²) in [6, 6.07) is 19.1. The van der Waals surface area contributed by atoms with E-state index < -0.39 is 0 Å². The highest BCUT2D eigenvalue weighted by Gasteiger charge is 2.11. The number of hydrogen-bond donors (Lipinski definition) is 2. The fraction of sp³-hybridized carbons (Fsp3) is 0.227. The summed E-state index contributed by atoms with van der Waals surface area (Å²) < 4.78 is 10.9. The molecule has 0 spiro atoms. The van der Waals surface area contributed by atoms with Gasteiger partial charge < -0.3 is 19.9 Å². The molecule has 1 heterocycles. The summed E-state index contributed by atoms with van der Waals surface area (Å²) in [5, 5.41) is 12.9. The first kappa shape index (κ1) is 18.7. The standard InChI is InChI=1S/C22H24N2O3/c1-3-27-21-7-5-4-6-19(21)17-14-20(16-8-10-18(25)11-9-16)24-22(15-17)23-12-13-26-2/h4-11,14-15,25H,3,12-13H2,1-2H3,(H,23,24). The Hall–Kier alpha value is -3.05. The van der Waals surface area contributed by atoms with Gasteiger partial charge in [0.1, 0.15) is 17.3 Å². The van der Waals surface area contributed by atoms with Gasteiger partial charge >= 0.3 is 0 Å². The molecule has 3 rings (SSSR count). The van der Waals surface area contributed by atoms with Gasteiger partial charge in [0.2, 0.25) is 0 Å². The molecule has 0 saturated carbocycles. The minimum absolute atomic E-state index is 0.232. The number of aromatic hydroxyl groups is 1. The molecular formula is C22H24N2O3. The molecule has 0 atom stereocenters. The lowest BCUT2D eigenvalue weighted by Gasteiger charge is -2.14. The van der Waals surface area contributed by atoms with Crippen LogP contribution in [0.25, 0.3) is 22.4 Å². The van der Waals surface area contributed by atoms with Crippen LogP contribution in [-0.2, 0) is 4.74 Å². The van der Waals surface area contributed by atoms with Crippen LogP contribution in [0.2, 0.25) is 0 Å². The number of phenols is 1. The Balaban J connectivity index is 2.06. The summed E-state index contributed by atoms with van der Waals surface area (Å²) in [5.74, 6) is 1.83. The number of pyridine rings is 1. The van der Waals surface area contributed by atoms with Gasteiger partial charge in [-0.25, -0.2) is 4.98 Å². The lowest BCUT2D eigenvalue weighted by molar-refractivity contribution is 0.210. The molecule has 5 heteroatoms. The first-order chi connectivity index (χ1) is 13.2. The summed E-state index contributed by atoms with van der Waals surface area (Å²) in [4.78, 5) is 4.72. The van der Waals surface area contributed by atoms with Crippen molar-refractivity contribution in [1.29, 1.82) is 0 Å². The van der Waals surface area contributed by atoms with E-state index >= 15 is 0 Å². The van der Waals surface area contributed by atoms with E-state index in [2.05, 4.69) is 5.32 Å². The summed E-state index contributed by atoms with van der Waals surface area (Å²) in [5.41, 5.74) is 3.77. The molecule has 0 fully saturated rings. The van der Waals surface area contributed by atoms with Crippen molar-refractivity contribution in [3.05, 3.63) is 60.7 Å². The average Bonchev–Trinajstić information content (AvgIpc) is 2.69. The van der Waals surface area contributed by atoms with Gasteiger partial charge in [-0.05, 0) is 55.0 Å². The molecular weight excluding hydrogens is 340 g/mol. The lowest BCUT2D eigenvalue weighted by Crippen LogP contribution is -2.09. The van der Waals surface area contributed by atoms with Crippen LogP contribution in [0.5, 0.6) is 11.5 Å². The van der Waals surface area contributed by atoms with E-state index in [1.54, 1.807) is 19.2 Å². The topological polar surface area (TPSA) is 63.6 Å². The molecule has 0 aliphatic heterocycles. The smallest absolute Gasteiger partial charge is 0.127 e. The third-order valence-electron chi connectivity index (χ3n) is 4.10. The number of ether oxygens (including phenoxy) is 2. The zero-order chi connectivity index (χ0) is 19.1. The first-order valence-corrected chi connectivity index (χ1v) is 8.97. The monoisotopic (exact) mass is 364 g/mol. The Morgan fingerprint density at radius 3 is 2.52 bits per heavy atom. The number of benzene rings is 2. The molecule has 0 radical (unpaired) electrons. The van der Waals surface area contributed by atoms with E-state index in [-0.39, 0.29) is 5.75 Å². The van der Waals surface area contributed by atoms with Crippen molar-refractivity contribution in [1.82, 2.24) is 4.98 Å². The maximum absolute atomic E-state index is 9.57. The van der Waals surface area contributed by atoms with E-state index in [1.165, 1.54) is 0 Å². The van der Waals surface area contributed by atoms with E-state index in [9.17, 15) is 5.11 Å². The fourth-order valence-electron chi connectivity index (χ4n) is 2.82. The van der Waals surface area contributed by atoms with Gasteiger partial charge in [0.15, 0.2) is 0 Å². The molecule has 140 valence electrons. The normalized spacial score (nSPS) is 10.6. The predicted molar refractivity (Wildman–Crippen MR) is 108 cm³/mol. The van der Waals surface area contributed by atoms with Crippen LogP contribution in [0.15, 0.2) is 60.7 Å². The van der Waals surface area contributed by atoms with Crippen LogP contribution in [0.1, 0.15) is 6.92 Å². The second kappa shape index (κ2) is 9.05. The molecule has 0 amide bonds. The van der Waals surface area contributed by atoms with Crippen molar-refractivity contribution in [2.45, 2.75) is 6.92 Å². The molecule has 27 heavy (non-hydrogen) atoms. The van der Waals surface area contributed by atoms with Crippen molar-refractivity contribution < 1.29 is 14.6 Å². The van der Waals surface area contributed by atoms with Crippen molar-refractivity contribution in [2.75, 3.05) is 32.2 Å². The van der Waals surface area contributed by atoms with Crippen LogP contribution >= 0.6 is 0 Å². The number of anilines is 1. The molecule has 0 bridgehead atoms. The van der Waals surface area contributed by atoms with Gasteiger partial charge in [0.25, 0.3) is 0 Å². The fourth-order valence-corrected chi connectivity index (χ4v) is 2.82. The lowest BCUT2D eigenvalue weighted by atomic mass is 10.0. The Kier molecular flexibility index (Phi) is 6.28. The van der Waals surface area contributed by atoms with E-state index in [4.69, 9.17) is 14.5 Å². The van der Waals surface area contributed by atoms with Crippen molar-refractivity contribution in [3.63, 3.8) is 0 Å². The number of nitrogens with one attached hydrogen (secondary N) is 1. The number of hydrogen-bond acceptors (Lipinski definition) is 5. The Labute approximate surface area is 159 Å². The number of phenolic OH excluding ortho intramolecular Hbond substituents is 1. The molecule has 2 aromatic carbocycles. The Bertz CT molecular complexity index is 879. The highest BCUT2D eigenvalue weighted by Crippen LogP contribution is 2.34. The average molecular weight is 364 g/mol. The van der Waals surface area contributed by atoms with Gasteiger partial charge in [-0.3, -0.25) is 0 Å². The molecule has 3 aromatic rings. The minimum Gasteiger partial charge on any atom is -0.508 e. The molecule has 1 aromatic heterocycles. The highest BCUT2D eigenvalue weighted by molar-refractivity contribution is 5.77. The second-order valence-electron chi connectivity index (χ2n) is 6.02. The first-order valence-electron chi connectivity index (χ1n) is 8.97. The third-order valence-corrected chi connectivity index (χ3v) is 4.10. The number of nitrogens with zero attached hydrogens (tertiary/aromatic N) is 1. The Morgan fingerprint density at radius 1 is 1.00 bits per heavy atom. The summed E-state index contributed by atoms with van der Waals surface area (Å²) >= 11 is 0.